The van der Waals surface area contributed by atoms with E-state index >= 15 is 0 Å². The fourth-order valence-electron chi connectivity index (χ4n) is 1.67. The Kier molecular flexibility index (Phi) is 4.74. The van der Waals surface area contributed by atoms with E-state index in [1.54, 1.807) is 6.33 Å². The standard InChI is InChI=1S/C13H21N3O/c1-2-3-12-8-13(16-10-15-12)14-6-7-17-9-11-4-5-11/h8,10-11H,2-7,9H2,1H3,(H,14,15,16). The van der Waals surface area contributed by atoms with Crippen molar-refractivity contribution in [3.8, 4) is 0 Å². The minimum absolute atomic E-state index is 0.754. The summed E-state index contributed by atoms with van der Waals surface area (Å²) in [5, 5.41) is 3.26. The normalized spacial score (nSPS) is 14.9. The Balaban J connectivity index is 1.64. The lowest BCUT2D eigenvalue weighted by molar-refractivity contribution is 0.134. The smallest absolute Gasteiger partial charge is 0.129 e. The molecule has 4 heteroatoms. The summed E-state index contributed by atoms with van der Waals surface area (Å²) in [4.78, 5) is 8.41. The molecule has 1 aliphatic carbocycles. The van der Waals surface area contributed by atoms with Crippen LogP contribution in [0.15, 0.2) is 12.4 Å². The molecule has 1 aromatic rings. The molecule has 0 aromatic carbocycles. The molecule has 0 aliphatic heterocycles. The SMILES string of the molecule is CCCc1cc(NCCOCC2CC2)ncn1. The highest BCUT2D eigenvalue weighted by atomic mass is 16.5. The van der Waals surface area contributed by atoms with Crippen LogP contribution in [0.1, 0.15) is 31.9 Å². The van der Waals surface area contributed by atoms with E-state index in [9.17, 15) is 0 Å². The molecule has 0 atom stereocenters. The van der Waals surface area contributed by atoms with Crippen LogP contribution in [0.2, 0.25) is 0 Å². The van der Waals surface area contributed by atoms with Crippen molar-refractivity contribution in [2.24, 2.45) is 5.92 Å². The quantitative estimate of drug-likeness (QED) is 0.702. The number of nitrogens with one attached hydrogen (secondary N) is 1. The number of aryl methyl sites for hydroxylation is 1. The first-order valence-corrected chi connectivity index (χ1v) is 6.51. The summed E-state index contributed by atoms with van der Waals surface area (Å²) in [6, 6.07) is 2.02. The Bertz CT molecular complexity index is 339. The lowest BCUT2D eigenvalue weighted by atomic mass is 10.2. The first kappa shape index (κ1) is 12.3. The van der Waals surface area contributed by atoms with Gasteiger partial charge in [0.1, 0.15) is 12.1 Å². The van der Waals surface area contributed by atoms with E-state index in [1.165, 1.54) is 12.8 Å². The van der Waals surface area contributed by atoms with Gasteiger partial charge >= 0.3 is 0 Å². The molecule has 4 nitrogen and oxygen atoms in total. The van der Waals surface area contributed by atoms with Crippen molar-refractivity contribution < 1.29 is 4.74 Å². The summed E-state index contributed by atoms with van der Waals surface area (Å²) in [7, 11) is 0. The maximum absolute atomic E-state index is 5.55. The summed E-state index contributed by atoms with van der Waals surface area (Å²) in [6.07, 6.45) is 6.44. The van der Waals surface area contributed by atoms with Crippen molar-refractivity contribution in [1.82, 2.24) is 9.97 Å². The van der Waals surface area contributed by atoms with Crippen molar-refractivity contribution in [3.63, 3.8) is 0 Å². The molecule has 1 fully saturated rings. The average Bonchev–Trinajstić information content (AvgIpc) is 3.14. The van der Waals surface area contributed by atoms with Crippen LogP contribution in [0.4, 0.5) is 5.82 Å². The highest BCUT2D eigenvalue weighted by molar-refractivity contribution is 5.34. The molecule has 1 heterocycles. The zero-order chi connectivity index (χ0) is 11.9. The number of rotatable bonds is 8. The lowest BCUT2D eigenvalue weighted by Gasteiger charge is -2.07. The van der Waals surface area contributed by atoms with Gasteiger partial charge in [-0.05, 0) is 25.2 Å². The predicted octanol–water partition coefficient (Wildman–Crippen LogP) is 2.27. The minimum Gasteiger partial charge on any atom is -0.379 e. The number of anilines is 1. The Morgan fingerprint density at radius 2 is 2.29 bits per heavy atom. The Morgan fingerprint density at radius 1 is 1.41 bits per heavy atom. The van der Waals surface area contributed by atoms with E-state index in [-0.39, 0.29) is 0 Å². The molecular weight excluding hydrogens is 214 g/mol. The van der Waals surface area contributed by atoms with E-state index in [1.807, 2.05) is 6.07 Å². The van der Waals surface area contributed by atoms with Crippen molar-refractivity contribution in [1.29, 1.82) is 0 Å². The number of hydrogen-bond acceptors (Lipinski definition) is 4. The molecule has 0 amide bonds. The first-order chi connectivity index (χ1) is 8.38. The molecule has 0 unspecified atom stereocenters. The van der Waals surface area contributed by atoms with Crippen LogP contribution in [-0.4, -0.2) is 29.7 Å². The zero-order valence-corrected chi connectivity index (χ0v) is 10.5. The van der Waals surface area contributed by atoms with Crippen LogP contribution in [0, 0.1) is 5.92 Å². The Labute approximate surface area is 103 Å². The molecular formula is C13H21N3O. The molecule has 0 radical (unpaired) electrons. The Hall–Kier alpha value is -1.16. The molecule has 17 heavy (non-hydrogen) atoms. The largest absolute Gasteiger partial charge is 0.379 e. The highest BCUT2D eigenvalue weighted by Gasteiger charge is 2.20. The average molecular weight is 235 g/mol. The topological polar surface area (TPSA) is 47.0 Å². The van der Waals surface area contributed by atoms with Crippen molar-refractivity contribution in [2.45, 2.75) is 32.6 Å². The van der Waals surface area contributed by atoms with Crippen molar-refractivity contribution in [2.75, 3.05) is 25.1 Å². The van der Waals surface area contributed by atoms with Crippen LogP contribution in [0.25, 0.3) is 0 Å². The summed E-state index contributed by atoms with van der Waals surface area (Å²) < 4.78 is 5.55. The van der Waals surface area contributed by atoms with Crippen LogP contribution < -0.4 is 5.32 Å². The summed E-state index contributed by atoms with van der Waals surface area (Å²) in [5.41, 5.74) is 1.10. The molecule has 94 valence electrons. The van der Waals surface area contributed by atoms with Crippen LogP contribution in [-0.2, 0) is 11.2 Å². The summed E-state index contributed by atoms with van der Waals surface area (Å²) in [6.45, 7) is 4.65. The number of hydrogen-bond donors (Lipinski definition) is 1. The van der Waals surface area contributed by atoms with Crippen LogP contribution in [0.5, 0.6) is 0 Å². The van der Waals surface area contributed by atoms with Crippen molar-refractivity contribution >= 4 is 5.82 Å². The van der Waals surface area contributed by atoms with Crippen molar-refractivity contribution in [3.05, 3.63) is 18.1 Å². The highest BCUT2D eigenvalue weighted by Crippen LogP contribution is 2.28. The third-order valence-corrected chi connectivity index (χ3v) is 2.83. The molecule has 0 saturated heterocycles. The molecule has 1 aromatic heterocycles. The van der Waals surface area contributed by atoms with Gasteiger partial charge in [-0.1, -0.05) is 13.3 Å². The van der Waals surface area contributed by atoms with Gasteiger partial charge in [-0.3, -0.25) is 0 Å². The molecule has 1 N–H and O–H groups in total. The monoisotopic (exact) mass is 235 g/mol. The molecule has 0 bridgehead atoms. The van der Waals surface area contributed by atoms with Crippen LogP contribution in [0.3, 0.4) is 0 Å². The van der Waals surface area contributed by atoms with E-state index < -0.39 is 0 Å². The Morgan fingerprint density at radius 3 is 3.06 bits per heavy atom. The lowest BCUT2D eigenvalue weighted by Crippen LogP contribution is -2.11. The van der Waals surface area contributed by atoms with Crippen LogP contribution >= 0.6 is 0 Å². The second-order valence-corrected chi connectivity index (χ2v) is 4.59. The zero-order valence-electron chi connectivity index (χ0n) is 10.5. The van der Waals surface area contributed by atoms with Gasteiger partial charge in [0.25, 0.3) is 0 Å². The summed E-state index contributed by atoms with van der Waals surface area (Å²) >= 11 is 0. The molecule has 1 saturated carbocycles. The summed E-state index contributed by atoms with van der Waals surface area (Å²) in [5.74, 6) is 1.74. The minimum atomic E-state index is 0.754. The molecule has 0 spiro atoms. The van der Waals surface area contributed by atoms with Gasteiger partial charge in [-0.2, -0.15) is 0 Å². The van der Waals surface area contributed by atoms with Gasteiger partial charge < -0.3 is 10.1 Å². The molecule has 1 aliphatic rings. The van der Waals surface area contributed by atoms with E-state index in [0.717, 1.165) is 50.0 Å². The van der Waals surface area contributed by atoms with E-state index in [4.69, 9.17) is 4.74 Å². The molecule has 2 rings (SSSR count). The van der Waals surface area contributed by atoms with E-state index in [0.29, 0.717) is 0 Å². The van der Waals surface area contributed by atoms with Gasteiger partial charge in [0.15, 0.2) is 0 Å². The van der Waals surface area contributed by atoms with Gasteiger partial charge in [0.05, 0.1) is 6.61 Å². The maximum atomic E-state index is 5.55. The predicted molar refractivity (Wildman–Crippen MR) is 68.1 cm³/mol. The number of aromatic nitrogens is 2. The third-order valence-electron chi connectivity index (χ3n) is 2.83. The first-order valence-electron chi connectivity index (χ1n) is 6.51. The number of nitrogens with zero attached hydrogens (tertiary/aromatic N) is 2. The number of ether oxygens (including phenoxy) is 1. The third kappa shape index (κ3) is 4.69. The second-order valence-electron chi connectivity index (χ2n) is 4.59. The second kappa shape index (κ2) is 6.55. The van der Waals surface area contributed by atoms with Gasteiger partial charge in [-0.25, -0.2) is 9.97 Å². The van der Waals surface area contributed by atoms with Gasteiger partial charge in [0, 0.05) is 24.9 Å². The fraction of sp³-hybridized carbons (Fsp3) is 0.692. The van der Waals surface area contributed by atoms with Gasteiger partial charge in [0.2, 0.25) is 0 Å². The maximum Gasteiger partial charge on any atom is 0.129 e. The fourth-order valence-corrected chi connectivity index (χ4v) is 1.67. The van der Waals surface area contributed by atoms with E-state index in [2.05, 4.69) is 22.2 Å². The van der Waals surface area contributed by atoms with Gasteiger partial charge in [-0.15, -0.1) is 0 Å².